The van der Waals surface area contributed by atoms with E-state index in [1.807, 2.05) is 54.6 Å². The molecule has 0 radical (unpaired) electrons. The Hall–Kier alpha value is -3.51. The Morgan fingerprint density at radius 1 is 0.778 bits per heavy atom. The monoisotopic (exact) mass is 538 g/mol. The van der Waals surface area contributed by atoms with Crippen LogP contribution >= 0.6 is 34.8 Å². The van der Waals surface area contributed by atoms with Crippen LogP contribution in [0.25, 0.3) is 0 Å². The lowest BCUT2D eigenvalue weighted by atomic mass is 10.2. The van der Waals surface area contributed by atoms with Gasteiger partial charge >= 0.3 is 0 Å². The number of halogens is 3. The second kappa shape index (κ2) is 12.5. The molecule has 8 heteroatoms. The lowest BCUT2D eigenvalue weighted by molar-refractivity contribution is 0.0955. The molecule has 0 spiro atoms. The van der Waals surface area contributed by atoms with E-state index in [1.54, 1.807) is 42.6 Å². The molecule has 1 amide bonds. The molecule has 0 bridgehead atoms. The molecule has 4 aromatic carbocycles. The zero-order chi connectivity index (χ0) is 25.3. The third-order valence-electron chi connectivity index (χ3n) is 5.08. The molecule has 0 saturated carbocycles. The standard InChI is InChI=1S/C28H21Cl3N2O3/c29-23-9-4-19(5-10-23)17-35-26-3-1-2-20(14-26)16-32-33-28(34)21-7-12-25(13-8-21)36-18-22-6-11-24(30)15-27(22)31/h1-16H,17-18H2,(H,33,34)/b32-16-. The highest BCUT2D eigenvalue weighted by Crippen LogP contribution is 2.23. The van der Waals surface area contributed by atoms with Gasteiger partial charge in [-0.1, -0.05) is 65.1 Å². The minimum Gasteiger partial charge on any atom is -0.489 e. The summed E-state index contributed by atoms with van der Waals surface area (Å²) in [6.07, 6.45) is 1.56. The van der Waals surface area contributed by atoms with Crippen molar-refractivity contribution in [2.75, 3.05) is 0 Å². The lowest BCUT2D eigenvalue weighted by Gasteiger charge is -2.09. The van der Waals surface area contributed by atoms with E-state index in [2.05, 4.69) is 10.5 Å². The molecule has 0 unspecified atom stereocenters. The van der Waals surface area contributed by atoms with Gasteiger partial charge in [-0.15, -0.1) is 0 Å². The van der Waals surface area contributed by atoms with Crippen LogP contribution in [0.4, 0.5) is 0 Å². The zero-order valence-electron chi connectivity index (χ0n) is 19.0. The summed E-state index contributed by atoms with van der Waals surface area (Å²) in [4.78, 5) is 12.4. The fourth-order valence-corrected chi connectivity index (χ4v) is 3.75. The Balaban J connectivity index is 1.27. The number of nitrogens with zero attached hydrogens (tertiary/aromatic N) is 1. The van der Waals surface area contributed by atoms with Gasteiger partial charge in [0.15, 0.2) is 0 Å². The van der Waals surface area contributed by atoms with E-state index in [9.17, 15) is 4.79 Å². The molecule has 0 fully saturated rings. The maximum atomic E-state index is 12.4. The Kier molecular flexibility index (Phi) is 8.85. The van der Waals surface area contributed by atoms with Crippen LogP contribution in [0.5, 0.6) is 11.5 Å². The van der Waals surface area contributed by atoms with Crippen LogP contribution in [0, 0.1) is 0 Å². The third kappa shape index (κ3) is 7.49. The van der Waals surface area contributed by atoms with Crippen molar-refractivity contribution < 1.29 is 14.3 Å². The molecule has 0 atom stereocenters. The smallest absolute Gasteiger partial charge is 0.271 e. The molecule has 0 aliphatic heterocycles. The second-order valence-corrected chi connectivity index (χ2v) is 9.02. The average Bonchev–Trinajstić information content (AvgIpc) is 2.88. The molecule has 0 aliphatic carbocycles. The van der Waals surface area contributed by atoms with Crippen molar-refractivity contribution in [3.8, 4) is 11.5 Å². The van der Waals surface area contributed by atoms with E-state index >= 15 is 0 Å². The Morgan fingerprint density at radius 3 is 2.25 bits per heavy atom. The summed E-state index contributed by atoms with van der Waals surface area (Å²) in [6.45, 7) is 0.704. The first-order valence-electron chi connectivity index (χ1n) is 10.9. The minimum atomic E-state index is -0.339. The summed E-state index contributed by atoms with van der Waals surface area (Å²) < 4.78 is 11.6. The Morgan fingerprint density at radius 2 is 1.50 bits per heavy atom. The van der Waals surface area contributed by atoms with Crippen molar-refractivity contribution >= 4 is 46.9 Å². The van der Waals surface area contributed by atoms with Gasteiger partial charge < -0.3 is 9.47 Å². The third-order valence-corrected chi connectivity index (χ3v) is 5.92. The Bertz CT molecular complexity index is 1360. The van der Waals surface area contributed by atoms with Gasteiger partial charge in [0.05, 0.1) is 6.21 Å². The molecule has 36 heavy (non-hydrogen) atoms. The molecule has 0 aromatic heterocycles. The Labute approximate surface area is 224 Å². The first-order valence-corrected chi connectivity index (χ1v) is 12.1. The number of ether oxygens (including phenoxy) is 2. The number of carbonyl (C=O) groups excluding carboxylic acids is 1. The van der Waals surface area contributed by atoms with E-state index in [0.29, 0.717) is 38.7 Å². The van der Waals surface area contributed by atoms with Crippen LogP contribution in [0.1, 0.15) is 27.0 Å². The van der Waals surface area contributed by atoms with Crippen LogP contribution in [-0.4, -0.2) is 12.1 Å². The van der Waals surface area contributed by atoms with Crippen molar-refractivity contribution in [2.45, 2.75) is 13.2 Å². The number of amides is 1. The number of hydrogen-bond donors (Lipinski definition) is 1. The number of hydrazone groups is 1. The van der Waals surface area contributed by atoms with Crippen LogP contribution in [0.3, 0.4) is 0 Å². The summed E-state index contributed by atoms with van der Waals surface area (Å²) in [7, 11) is 0. The van der Waals surface area contributed by atoms with Crippen molar-refractivity contribution in [3.63, 3.8) is 0 Å². The molecule has 4 rings (SSSR count). The van der Waals surface area contributed by atoms with Gasteiger partial charge in [0.2, 0.25) is 0 Å². The molecule has 0 saturated heterocycles. The van der Waals surface area contributed by atoms with Crippen molar-refractivity contribution in [3.05, 3.63) is 128 Å². The minimum absolute atomic E-state index is 0.286. The summed E-state index contributed by atoms with van der Waals surface area (Å²) in [6, 6.07) is 26.9. The summed E-state index contributed by atoms with van der Waals surface area (Å²) in [5, 5.41) is 5.84. The fourth-order valence-electron chi connectivity index (χ4n) is 3.16. The molecular weight excluding hydrogens is 519 g/mol. The highest BCUT2D eigenvalue weighted by Gasteiger charge is 2.06. The first-order chi connectivity index (χ1) is 17.5. The molecule has 5 nitrogen and oxygen atoms in total. The number of benzene rings is 4. The maximum Gasteiger partial charge on any atom is 0.271 e. The molecule has 0 heterocycles. The molecular formula is C28H21Cl3N2O3. The van der Waals surface area contributed by atoms with Crippen LogP contribution in [0.15, 0.2) is 96.1 Å². The largest absolute Gasteiger partial charge is 0.489 e. The predicted octanol–water partition coefficient (Wildman–Crippen LogP) is 7.57. The molecule has 0 aliphatic rings. The summed E-state index contributed by atoms with van der Waals surface area (Å²) >= 11 is 18.0. The van der Waals surface area contributed by atoms with E-state index < -0.39 is 0 Å². The average molecular weight is 540 g/mol. The molecule has 4 aromatic rings. The van der Waals surface area contributed by atoms with Gasteiger partial charge in [-0.25, -0.2) is 5.43 Å². The van der Waals surface area contributed by atoms with E-state index in [0.717, 1.165) is 16.7 Å². The van der Waals surface area contributed by atoms with E-state index in [-0.39, 0.29) is 12.5 Å². The normalized spacial score (nSPS) is 10.9. The first kappa shape index (κ1) is 25.6. The quantitative estimate of drug-likeness (QED) is 0.176. The highest BCUT2D eigenvalue weighted by molar-refractivity contribution is 6.35. The molecule has 1 N–H and O–H groups in total. The fraction of sp³-hybridized carbons (Fsp3) is 0.0714. The summed E-state index contributed by atoms with van der Waals surface area (Å²) in [5.41, 5.74) is 5.59. The van der Waals surface area contributed by atoms with Gasteiger partial charge in [0, 0.05) is 26.2 Å². The lowest BCUT2D eigenvalue weighted by Crippen LogP contribution is -2.17. The van der Waals surface area contributed by atoms with Gasteiger partial charge in [-0.2, -0.15) is 5.10 Å². The number of carbonyl (C=O) groups is 1. The van der Waals surface area contributed by atoms with Crippen molar-refractivity contribution in [2.24, 2.45) is 5.10 Å². The van der Waals surface area contributed by atoms with E-state index in [1.165, 1.54) is 0 Å². The zero-order valence-corrected chi connectivity index (χ0v) is 21.2. The van der Waals surface area contributed by atoms with Crippen molar-refractivity contribution in [1.29, 1.82) is 0 Å². The van der Waals surface area contributed by atoms with Gasteiger partial charge in [-0.3, -0.25) is 4.79 Å². The molecule has 182 valence electrons. The number of rotatable bonds is 9. The predicted molar refractivity (Wildman–Crippen MR) is 145 cm³/mol. The second-order valence-electron chi connectivity index (χ2n) is 7.74. The van der Waals surface area contributed by atoms with Gasteiger partial charge in [0.25, 0.3) is 5.91 Å². The van der Waals surface area contributed by atoms with Crippen LogP contribution < -0.4 is 14.9 Å². The topological polar surface area (TPSA) is 59.9 Å². The maximum absolute atomic E-state index is 12.4. The number of nitrogens with one attached hydrogen (secondary N) is 1. The highest BCUT2D eigenvalue weighted by atomic mass is 35.5. The van der Waals surface area contributed by atoms with Crippen LogP contribution in [-0.2, 0) is 13.2 Å². The summed E-state index contributed by atoms with van der Waals surface area (Å²) in [5.74, 6) is 0.959. The SMILES string of the molecule is O=C(N/N=C\c1cccc(OCc2ccc(Cl)cc2)c1)c1ccc(OCc2ccc(Cl)cc2Cl)cc1. The van der Waals surface area contributed by atoms with E-state index in [4.69, 9.17) is 44.3 Å². The van der Waals surface area contributed by atoms with Gasteiger partial charge in [0.1, 0.15) is 24.7 Å². The van der Waals surface area contributed by atoms with Crippen LogP contribution in [0.2, 0.25) is 15.1 Å². The number of hydrogen-bond acceptors (Lipinski definition) is 4. The van der Waals surface area contributed by atoms with Gasteiger partial charge in [-0.05, 0) is 71.8 Å². The van der Waals surface area contributed by atoms with Crippen molar-refractivity contribution in [1.82, 2.24) is 5.43 Å².